The molecular formula is C9H6F4O5S. The van der Waals surface area contributed by atoms with Crippen LogP contribution in [0.1, 0.15) is 10.4 Å². The Morgan fingerprint density at radius 1 is 1.26 bits per heavy atom. The van der Waals surface area contributed by atoms with Crippen LogP contribution in [0.3, 0.4) is 0 Å². The van der Waals surface area contributed by atoms with E-state index in [2.05, 4.69) is 8.92 Å². The van der Waals surface area contributed by atoms with Crippen molar-refractivity contribution in [1.29, 1.82) is 0 Å². The van der Waals surface area contributed by atoms with Gasteiger partial charge >= 0.3 is 21.6 Å². The molecule has 1 aromatic rings. The minimum Gasteiger partial charge on any atom is -0.465 e. The second-order valence-electron chi connectivity index (χ2n) is 3.09. The van der Waals surface area contributed by atoms with Crippen LogP contribution in [-0.4, -0.2) is 27.0 Å². The number of ether oxygens (including phenoxy) is 1. The Bertz CT molecular complexity index is 593. The van der Waals surface area contributed by atoms with Crippen LogP contribution >= 0.6 is 0 Å². The molecule has 106 valence electrons. The van der Waals surface area contributed by atoms with Crippen molar-refractivity contribution in [2.24, 2.45) is 0 Å². The minimum atomic E-state index is -6.01. The molecule has 0 N–H and O–H groups in total. The van der Waals surface area contributed by atoms with Gasteiger partial charge in [-0.05, 0) is 12.1 Å². The molecule has 0 unspecified atom stereocenters. The first-order valence-electron chi connectivity index (χ1n) is 4.47. The number of carbonyl (C=O) groups is 1. The molecule has 0 aromatic heterocycles. The quantitative estimate of drug-likeness (QED) is 0.369. The van der Waals surface area contributed by atoms with Gasteiger partial charge in [-0.1, -0.05) is 6.07 Å². The lowest BCUT2D eigenvalue weighted by atomic mass is 10.2. The largest absolute Gasteiger partial charge is 0.534 e. The molecule has 0 radical (unpaired) electrons. The third-order valence-electron chi connectivity index (χ3n) is 1.85. The van der Waals surface area contributed by atoms with E-state index in [1.165, 1.54) is 0 Å². The van der Waals surface area contributed by atoms with Crippen LogP contribution in [0.15, 0.2) is 18.2 Å². The Hall–Kier alpha value is -1.84. The molecule has 1 rings (SSSR count). The van der Waals surface area contributed by atoms with E-state index in [-0.39, 0.29) is 0 Å². The predicted molar refractivity (Wildman–Crippen MR) is 53.3 cm³/mol. The van der Waals surface area contributed by atoms with E-state index in [0.29, 0.717) is 6.07 Å². The average molecular weight is 302 g/mol. The summed E-state index contributed by atoms with van der Waals surface area (Å²) in [5.41, 5.74) is -6.46. The lowest BCUT2D eigenvalue weighted by Crippen LogP contribution is -2.28. The molecule has 5 nitrogen and oxygen atoms in total. The molecule has 0 heterocycles. The summed E-state index contributed by atoms with van der Waals surface area (Å²) in [5.74, 6) is -4.00. The number of carbonyl (C=O) groups excluding carboxylic acids is 1. The third-order valence-corrected chi connectivity index (χ3v) is 2.82. The maximum Gasteiger partial charge on any atom is 0.534 e. The third kappa shape index (κ3) is 3.13. The standard InChI is InChI=1S/C9H6F4O5S/c1-17-8(14)5-3-2-4-6(7(5)10)18-19(15,16)9(11,12)13/h2-4H,1H3. The zero-order valence-electron chi connectivity index (χ0n) is 9.19. The highest BCUT2D eigenvalue weighted by molar-refractivity contribution is 7.88. The van der Waals surface area contributed by atoms with E-state index in [9.17, 15) is 30.8 Å². The van der Waals surface area contributed by atoms with E-state index in [0.717, 1.165) is 19.2 Å². The first-order valence-corrected chi connectivity index (χ1v) is 5.88. The fourth-order valence-corrected chi connectivity index (χ4v) is 1.47. The second kappa shape index (κ2) is 5.03. The number of hydrogen-bond acceptors (Lipinski definition) is 5. The maximum atomic E-state index is 13.6. The summed E-state index contributed by atoms with van der Waals surface area (Å²) >= 11 is 0. The number of halogens is 4. The van der Waals surface area contributed by atoms with Gasteiger partial charge in [-0.3, -0.25) is 0 Å². The highest BCUT2D eigenvalue weighted by Gasteiger charge is 2.49. The molecule has 0 spiro atoms. The normalized spacial score (nSPS) is 12.1. The van der Waals surface area contributed by atoms with Crippen LogP contribution in [0.25, 0.3) is 0 Å². The van der Waals surface area contributed by atoms with E-state index in [4.69, 9.17) is 0 Å². The molecule has 0 aliphatic carbocycles. The molecule has 0 atom stereocenters. The number of alkyl halides is 3. The Balaban J connectivity index is 3.22. The zero-order valence-corrected chi connectivity index (χ0v) is 10.0. The van der Waals surface area contributed by atoms with Crippen LogP contribution in [0, 0.1) is 5.82 Å². The summed E-state index contributed by atoms with van der Waals surface area (Å²) in [6.07, 6.45) is 0. The summed E-state index contributed by atoms with van der Waals surface area (Å²) in [6, 6.07) is 2.47. The lowest BCUT2D eigenvalue weighted by Gasteiger charge is -2.11. The number of methoxy groups -OCH3 is 1. The molecule has 0 saturated heterocycles. The Labute approximate surface area is 104 Å². The SMILES string of the molecule is COC(=O)c1cccc(OS(=O)(=O)C(F)(F)F)c1F. The van der Waals surface area contributed by atoms with Crippen LogP contribution in [0.2, 0.25) is 0 Å². The number of esters is 1. The van der Waals surface area contributed by atoms with Crippen LogP contribution in [0.5, 0.6) is 5.75 Å². The molecule has 0 fully saturated rings. The van der Waals surface area contributed by atoms with Gasteiger partial charge in [-0.15, -0.1) is 0 Å². The van der Waals surface area contributed by atoms with E-state index >= 15 is 0 Å². The molecule has 0 amide bonds. The van der Waals surface area contributed by atoms with Crippen LogP contribution in [0.4, 0.5) is 17.6 Å². The van der Waals surface area contributed by atoms with E-state index in [1.54, 1.807) is 0 Å². The average Bonchev–Trinajstić information content (AvgIpc) is 2.29. The van der Waals surface area contributed by atoms with Gasteiger partial charge in [0.1, 0.15) is 0 Å². The predicted octanol–water partition coefficient (Wildman–Crippen LogP) is 1.84. The number of benzene rings is 1. The Morgan fingerprint density at radius 3 is 2.32 bits per heavy atom. The van der Waals surface area contributed by atoms with E-state index < -0.39 is 38.7 Å². The first-order chi connectivity index (χ1) is 8.60. The maximum absolute atomic E-state index is 13.6. The Morgan fingerprint density at radius 2 is 1.84 bits per heavy atom. The van der Waals surface area contributed by atoms with Crippen molar-refractivity contribution in [3.05, 3.63) is 29.6 Å². The molecule has 10 heteroatoms. The van der Waals surface area contributed by atoms with Crippen molar-refractivity contribution >= 4 is 16.1 Å². The van der Waals surface area contributed by atoms with Crippen molar-refractivity contribution in [2.45, 2.75) is 5.51 Å². The number of hydrogen-bond donors (Lipinski definition) is 0. The van der Waals surface area contributed by atoms with Crippen molar-refractivity contribution in [1.82, 2.24) is 0 Å². The molecule has 19 heavy (non-hydrogen) atoms. The van der Waals surface area contributed by atoms with Gasteiger partial charge < -0.3 is 8.92 Å². The molecule has 0 bridgehead atoms. The highest BCUT2D eigenvalue weighted by atomic mass is 32.2. The molecule has 0 saturated carbocycles. The van der Waals surface area contributed by atoms with Gasteiger partial charge in [-0.25, -0.2) is 9.18 Å². The van der Waals surface area contributed by atoms with Crippen molar-refractivity contribution in [2.75, 3.05) is 7.11 Å². The van der Waals surface area contributed by atoms with Gasteiger partial charge in [0.15, 0.2) is 11.6 Å². The molecular weight excluding hydrogens is 296 g/mol. The first kappa shape index (κ1) is 15.2. The topological polar surface area (TPSA) is 69.7 Å². The summed E-state index contributed by atoms with van der Waals surface area (Å²) in [4.78, 5) is 11.1. The van der Waals surface area contributed by atoms with Gasteiger partial charge in [0.25, 0.3) is 0 Å². The zero-order chi connectivity index (χ0) is 14.8. The lowest BCUT2D eigenvalue weighted by molar-refractivity contribution is -0.0500. The number of rotatable bonds is 3. The van der Waals surface area contributed by atoms with Gasteiger partial charge in [0.05, 0.1) is 12.7 Å². The summed E-state index contributed by atoms with van der Waals surface area (Å²) < 4.78 is 78.9. The van der Waals surface area contributed by atoms with E-state index in [1.807, 2.05) is 0 Å². The second-order valence-corrected chi connectivity index (χ2v) is 4.63. The van der Waals surface area contributed by atoms with Gasteiger partial charge in [0.2, 0.25) is 0 Å². The fourth-order valence-electron chi connectivity index (χ4n) is 1.01. The minimum absolute atomic E-state index is 0.630. The summed E-state index contributed by atoms with van der Waals surface area (Å²) in [6.45, 7) is 0. The van der Waals surface area contributed by atoms with Gasteiger partial charge in [-0.2, -0.15) is 21.6 Å². The van der Waals surface area contributed by atoms with Crippen molar-refractivity contribution in [3.63, 3.8) is 0 Å². The summed E-state index contributed by atoms with van der Waals surface area (Å²) in [5, 5.41) is 0. The van der Waals surface area contributed by atoms with Crippen LogP contribution in [-0.2, 0) is 14.9 Å². The van der Waals surface area contributed by atoms with Crippen LogP contribution < -0.4 is 4.18 Å². The van der Waals surface area contributed by atoms with Crippen molar-refractivity contribution < 1.29 is 39.7 Å². The smallest absolute Gasteiger partial charge is 0.465 e. The molecule has 0 aliphatic heterocycles. The fraction of sp³-hybridized carbons (Fsp3) is 0.222. The molecule has 0 aliphatic rings. The monoisotopic (exact) mass is 302 g/mol. The highest BCUT2D eigenvalue weighted by Crippen LogP contribution is 2.29. The van der Waals surface area contributed by atoms with Gasteiger partial charge in [0, 0.05) is 0 Å². The summed E-state index contributed by atoms with van der Waals surface area (Å²) in [7, 11) is -5.10. The van der Waals surface area contributed by atoms with Crippen molar-refractivity contribution in [3.8, 4) is 5.75 Å². The molecule has 1 aromatic carbocycles. The Kier molecular flexibility index (Phi) is 4.03.